The molecule has 0 saturated carbocycles. The summed E-state index contributed by atoms with van der Waals surface area (Å²) in [7, 11) is 1.68. The fraction of sp³-hybridized carbons (Fsp3) is 0.471. The monoisotopic (exact) mass is 512 g/mol. The predicted octanol–water partition coefficient (Wildman–Crippen LogP) is 2.76. The van der Waals surface area contributed by atoms with Crippen molar-refractivity contribution in [3.8, 4) is 5.75 Å². The van der Waals surface area contributed by atoms with E-state index in [1.165, 1.54) is 12.1 Å². The smallest absolute Gasteiger partial charge is 0.406 e. The van der Waals surface area contributed by atoms with Crippen LogP contribution in [0.25, 0.3) is 0 Å². The van der Waals surface area contributed by atoms with Crippen molar-refractivity contribution in [2.45, 2.75) is 32.7 Å². The van der Waals surface area contributed by atoms with Crippen molar-refractivity contribution < 1.29 is 17.9 Å². The maximum absolute atomic E-state index is 12.1. The van der Waals surface area contributed by atoms with Gasteiger partial charge in [0.1, 0.15) is 17.9 Å². The van der Waals surface area contributed by atoms with Crippen molar-refractivity contribution in [1.29, 1.82) is 0 Å². The number of ether oxygens (including phenoxy) is 1. The zero-order chi connectivity index (χ0) is 19.7. The number of benzene rings is 1. The molecule has 0 spiro atoms. The molecule has 7 nitrogen and oxygen atoms in total. The van der Waals surface area contributed by atoms with Gasteiger partial charge < -0.3 is 19.9 Å². The van der Waals surface area contributed by atoms with Crippen LogP contribution in [0.2, 0.25) is 0 Å². The van der Waals surface area contributed by atoms with Crippen LogP contribution in [0.4, 0.5) is 13.2 Å². The number of rotatable bonds is 8. The number of aromatic nitrogens is 3. The number of nitrogens with one attached hydrogen (secondary N) is 2. The molecular weight excluding hydrogens is 488 g/mol. The van der Waals surface area contributed by atoms with Gasteiger partial charge in [-0.05, 0) is 24.1 Å². The van der Waals surface area contributed by atoms with Crippen molar-refractivity contribution in [1.82, 2.24) is 25.4 Å². The standard InChI is InChI=1S/C17H23F3N6O.HI/c1-3-15-25-24-12-26(15)11-10-23-16(21-2)22-9-8-13-4-6-14(7-5-13)27-17(18,19)20;/h4-7,12H,3,8-11H2,1-2H3,(H2,21,22,23);1H. The third-order valence-electron chi connectivity index (χ3n) is 3.74. The minimum Gasteiger partial charge on any atom is -0.406 e. The fourth-order valence-corrected chi connectivity index (χ4v) is 2.44. The molecule has 2 aromatic rings. The highest BCUT2D eigenvalue weighted by atomic mass is 127. The van der Waals surface area contributed by atoms with Gasteiger partial charge in [0.25, 0.3) is 0 Å². The number of hydrogen-bond donors (Lipinski definition) is 2. The van der Waals surface area contributed by atoms with Crippen molar-refractivity contribution in [2.24, 2.45) is 4.99 Å². The molecule has 0 aliphatic heterocycles. The highest BCUT2D eigenvalue weighted by molar-refractivity contribution is 14.0. The molecule has 11 heteroatoms. The van der Waals surface area contributed by atoms with Crippen molar-refractivity contribution in [3.05, 3.63) is 42.0 Å². The molecule has 1 aromatic carbocycles. The molecule has 1 aromatic heterocycles. The molecule has 1 heterocycles. The molecule has 0 saturated heterocycles. The number of nitrogens with zero attached hydrogens (tertiary/aromatic N) is 4. The average Bonchev–Trinajstić information content (AvgIpc) is 3.08. The normalized spacial score (nSPS) is 11.7. The topological polar surface area (TPSA) is 76.4 Å². The summed E-state index contributed by atoms with van der Waals surface area (Å²) in [5.74, 6) is 1.35. The van der Waals surface area contributed by atoms with Gasteiger partial charge in [0, 0.05) is 33.1 Å². The predicted molar refractivity (Wildman–Crippen MR) is 111 cm³/mol. The van der Waals surface area contributed by atoms with E-state index in [-0.39, 0.29) is 29.7 Å². The van der Waals surface area contributed by atoms with E-state index in [4.69, 9.17) is 0 Å². The van der Waals surface area contributed by atoms with E-state index in [1.807, 2.05) is 11.5 Å². The van der Waals surface area contributed by atoms with E-state index in [9.17, 15) is 13.2 Å². The van der Waals surface area contributed by atoms with Gasteiger partial charge in [-0.2, -0.15) is 0 Å². The summed E-state index contributed by atoms with van der Waals surface area (Å²) in [5, 5.41) is 14.3. The van der Waals surface area contributed by atoms with Gasteiger partial charge in [0.15, 0.2) is 5.96 Å². The number of halogens is 4. The Morgan fingerprint density at radius 1 is 1.18 bits per heavy atom. The molecule has 0 unspecified atom stereocenters. The lowest BCUT2D eigenvalue weighted by molar-refractivity contribution is -0.274. The Bertz CT molecular complexity index is 733. The zero-order valence-electron chi connectivity index (χ0n) is 15.7. The third kappa shape index (κ3) is 8.31. The van der Waals surface area contributed by atoms with Crippen molar-refractivity contribution in [2.75, 3.05) is 20.1 Å². The largest absolute Gasteiger partial charge is 0.573 e. The Labute approximate surface area is 178 Å². The van der Waals surface area contributed by atoms with Gasteiger partial charge in [0.05, 0.1) is 0 Å². The van der Waals surface area contributed by atoms with Crippen LogP contribution in [0.3, 0.4) is 0 Å². The molecule has 2 rings (SSSR count). The van der Waals surface area contributed by atoms with Crippen LogP contribution in [0.5, 0.6) is 5.75 Å². The zero-order valence-corrected chi connectivity index (χ0v) is 18.0. The summed E-state index contributed by atoms with van der Waals surface area (Å²) < 4.78 is 42.3. The molecule has 0 radical (unpaired) electrons. The third-order valence-corrected chi connectivity index (χ3v) is 3.74. The maximum Gasteiger partial charge on any atom is 0.573 e. The first-order valence-electron chi connectivity index (χ1n) is 8.57. The maximum atomic E-state index is 12.1. The van der Waals surface area contributed by atoms with E-state index < -0.39 is 6.36 Å². The van der Waals surface area contributed by atoms with Crippen LogP contribution in [0.1, 0.15) is 18.3 Å². The highest BCUT2D eigenvalue weighted by Gasteiger charge is 2.30. The molecule has 156 valence electrons. The Hall–Kier alpha value is -2.05. The fourth-order valence-electron chi connectivity index (χ4n) is 2.44. The molecule has 2 N–H and O–H groups in total. The minimum absolute atomic E-state index is 0. The van der Waals surface area contributed by atoms with Gasteiger partial charge in [-0.25, -0.2) is 0 Å². The molecule has 0 aliphatic rings. The van der Waals surface area contributed by atoms with E-state index in [0.29, 0.717) is 25.5 Å². The summed E-state index contributed by atoms with van der Waals surface area (Å²) in [6.07, 6.45) is -1.52. The van der Waals surface area contributed by atoms with Crippen LogP contribution in [0, 0.1) is 0 Å². The molecule has 28 heavy (non-hydrogen) atoms. The van der Waals surface area contributed by atoms with Gasteiger partial charge >= 0.3 is 6.36 Å². The number of hydrogen-bond acceptors (Lipinski definition) is 4. The Kier molecular flexibility index (Phi) is 10.0. The minimum atomic E-state index is -4.67. The van der Waals surface area contributed by atoms with Crippen LogP contribution < -0.4 is 15.4 Å². The highest BCUT2D eigenvalue weighted by Crippen LogP contribution is 2.22. The summed E-state index contributed by atoms with van der Waals surface area (Å²) in [5.41, 5.74) is 0.893. The molecular formula is C17H24F3IN6O. The Morgan fingerprint density at radius 2 is 1.86 bits per heavy atom. The SMILES string of the molecule is CCc1nncn1CCNC(=NC)NCCc1ccc(OC(F)(F)F)cc1.I. The lowest BCUT2D eigenvalue weighted by atomic mass is 10.1. The molecule has 0 fully saturated rings. The first kappa shape index (κ1) is 24.0. The second-order valence-electron chi connectivity index (χ2n) is 5.66. The van der Waals surface area contributed by atoms with Gasteiger partial charge in [0.2, 0.25) is 0 Å². The first-order valence-corrected chi connectivity index (χ1v) is 8.57. The lowest BCUT2D eigenvalue weighted by Gasteiger charge is -2.13. The number of alkyl halides is 3. The van der Waals surface area contributed by atoms with E-state index in [1.54, 1.807) is 25.5 Å². The van der Waals surface area contributed by atoms with Crippen LogP contribution in [-0.2, 0) is 19.4 Å². The van der Waals surface area contributed by atoms with Crippen LogP contribution in [-0.4, -0.2) is 47.2 Å². The van der Waals surface area contributed by atoms with Crippen molar-refractivity contribution >= 4 is 29.9 Å². The Morgan fingerprint density at radius 3 is 2.46 bits per heavy atom. The van der Waals surface area contributed by atoms with E-state index >= 15 is 0 Å². The average molecular weight is 512 g/mol. The second-order valence-corrected chi connectivity index (χ2v) is 5.66. The summed E-state index contributed by atoms with van der Waals surface area (Å²) >= 11 is 0. The quantitative estimate of drug-likeness (QED) is 0.324. The first-order chi connectivity index (χ1) is 12.9. The van der Waals surface area contributed by atoms with Crippen molar-refractivity contribution in [3.63, 3.8) is 0 Å². The summed E-state index contributed by atoms with van der Waals surface area (Å²) in [6, 6.07) is 5.83. The number of aryl methyl sites for hydroxylation is 1. The van der Waals surface area contributed by atoms with Crippen LogP contribution in [0.15, 0.2) is 35.6 Å². The Balaban J connectivity index is 0.00000392. The molecule has 0 aliphatic carbocycles. The second kappa shape index (κ2) is 11.7. The van der Waals surface area contributed by atoms with Gasteiger partial charge in [-0.1, -0.05) is 19.1 Å². The number of guanidine groups is 1. The number of aliphatic imine (C=N–C) groups is 1. The van der Waals surface area contributed by atoms with E-state index in [2.05, 4.69) is 30.6 Å². The summed E-state index contributed by atoms with van der Waals surface area (Å²) in [4.78, 5) is 4.14. The molecule has 0 bridgehead atoms. The lowest BCUT2D eigenvalue weighted by Crippen LogP contribution is -2.39. The molecule has 0 amide bonds. The van der Waals surface area contributed by atoms with Gasteiger partial charge in [-0.3, -0.25) is 4.99 Å². The van der Waals surface area contributed by atoms with Crippen LogP contribution >= 0.6 is 24.0 Å². The van der Waals surface area contributed by atoms with Gasteiger partial charge in [-0.15, -0.1) is 47.3 Å². The summed E-state index contributed by atoms with van der Waals surface area (Å²) in [6.45, 7) is 3.99. The van der Waals surface area contributed by atoms with E-state index in [0.717, 1.165) is 24.4 Å². The molecule has 0 atom stereocenters.